The third kappa shape index (κ3) is 2.77. The summed E-state index contributed by atoms with van der Waals surface area (Å²) in [6.45, 7) is 4.92. The molecule has 0 bridgehead atoms. The Labute approximate surface area is 112 Å². The predicted octanol–water partition coefficient (Wildman–Crippen LogP) is 1.80. The minimum Gasteiger partial charge on any atom is -0.384 e. The summed E-state index contributed by atoms with van der Waals surface area (Å²) in [7, 11) is 0. The van der Waals surface area contributed by atoms with E-state index in [4.69, 9.17) is 5.73 Å². The van der Waals surface area contributed by atoms with Crippen molar-refractivity contribution in [3.05, 3.63) is 23.4 Å². The molecule has 2 rings (SSSR count). The van der Waals surface area contributed by atoms with Gasteiger partial charge < -0.3 is 10.6 Å². The summed E-state index contributed by atoms with van der Waals surface area (Å²) < 4.78 is 0. The van der Waals surface area contributed by atoms with Gasteiger partial charge >= 0.3 is 0 Å². The summed E-state index contributed by atoms with van der Waals surface area (Å²) in [5, 5.41) is 0. The van der Waals surface area contributed by atoms with Crippen molar-refractivity contribution in [2.24, 2.45) is 0 Å². The van der Waals surface area contributed by atoms with E-state index < -0.39 is 0 Å². The number of hydrogen-bond donors (Lipinski definition) is 1. The zero-order valence-corrected chi connectivity index (χ0v) is 11.7. The molecule has 0 saturated carbocycles. The number of amides is 1. The Morgan fingerprint density at radius 3 is 3.06 bits per heavy atom. The van der Waals surface area contributed by atoms with Gasteiger partial charge in [0.15, 0.2) is 0 Å². The molecule has 5 heteroatoms. The second-order valence-corrected chi connectivity index (χ2v) is 5.70. The second-order valence-electron chi connectivity index (χ2n) is 4.55. The van der Waals surface area contributed by atoms with Crippen molar-refractivity contribution in [3.63, 3.8) is 0 Å². The van der Waals surface area contributed by atoms with E-state index in [2.05, 4.69) is 11.9 Å². The van der Waals surface area contributed by atoms with Gasteiger partial charge in [0.2, 0.25) is 0 Å². The van der Waals surface area contributed by atoms with Crippen LogP contribution in [0.3, 0.4) is 0 Å². The van der Waals surface area contributed by atoms with Crippen molar-refractivity contribution in [2.45, 2.75) is 26.3 Å². The van der Waals surface area contributed by atoms with E-state index in [1.54, 1.807) is 6.07 Å². The molecule has 1 aliphatic rings. The van der Waals surface area contributed by atoms with Crippen LogP contribution in [0.1, 0.15) is 29.9 Å². The van der Waals surface area contributed by atoms with Gasteiger partial charge in [0.25, 0.3) is 5.91 Å². The Hall–Kier alpha value is -1.23. The van der Waals surface area contributed by atoms with Crippen LogP contribution in [0, 0.1) is 0 Å². The topological polar surface area (TPSA) is 59.2 Å². The highest BCUT2D eigenvalue weighted by Gasteiger charge is 2.24. The van der Waals surface area contributed by atoms with Crippen molar-refractivity contribution in [2.75, 3.05) is 23.8 Å². The van der Waals surface area contributed by atoms with Crippen molar-refractivity contribution < 1.29 is 4.79 Å². The molecule has 2 heterocycles. The average molecular weight is 265 g/mol. The number of nitrogens with zero attached hydrogens (tertiary/aromatic N) is 2. The lowest BCUT2D eigenvalue weighted by atomic mass is 10.1. The molecule has 4 nitrogen and oxygen atoms in total. The van der Waals surface area contributed by atoms with Crippen LogP contribution in [-0.4, -0.2) is 39.9 Å². The molecule has 2 N–H and O–H groups in total. The van der Waals surface area contributed by atoms with Crippen LogP contribution in [-0.2, 0) is 6.42 Å². The van der Waals surface area contributed by atoms with Crippen molar-refractivity contribution in [3.8, 4) is 0 Å². The number of anilines is 1. The Bertz CT molecular complexity index is 450. The Balaban J connectivity index is 2.24. The Kier molecular flexibility index (Phi) is 4.11. The van der Waals surface area contributed by atoms with E-state index in [-0.39, 0.29) is 11.9 Å². The van der Waals surface area contributed by atoms with Crippen LogP contribution in [0.4, 0.5) is 5.82 Å². The Morgan fingerprint density at radius 2 is 2.39 bits per heavy atom. The van der Waals surface area contributed by atoms with Crippen molar-refractivity contribution in [1.29, 1.82) is 0 Å². The largest absolute Gasteiger partial charge is 0.384 e. The van der Waals surface area contributed by atoms with Crippen LogP contribution in [0.2, 0.25) is 0 Å². The number of rotatable bonds is 2. The van der Waals surface area contributed by atoms with Gasteiger partial charge in [0, 0.05) is 35.3 Å². The lowest BCUT2D eigenvalue weighted by molar-refractivity contribution is 0.0716. The van der Waals surface area contributed by atoms with Crippen LogP contribution in [0.25, 0.3) is 0 Å². The predicted molar refractivity (Wildman–Crippen MR) is 75.9 cm³/mol. The van der Waals surface area contributed by atoms with Gasteiger partial charge in [-0.15, -0.1) is 0 Å². The lowest BCUT2D eigenvalue weighted by Gasteiger charge is -2.33. The van der Waals surface area contributed by atoms with Crippen molar-refractivity contribution in [1.82, 2.24) is 9.88 Å². The molecule has 0 aliphatic carbocycles. The van der Waals surface area contributed by atoms with Gasteiger partial charge in [-0.2, -0.15) is 11.8 Å². The number of nitrogens with two attached hydrogens (primary N) is 1. The fraction of sp³-hybridized carbons (Fsp3) is 0.538. The molecule has 18 heavy (non-hydrogen) atoms. The van der Waals surface area contributed by atoms with E-state index in [0.717, 1.165) is 30.2 Å². The number of pyridine rings is 1. The molecular formula is C13H19N3OS. The van der Waals surface area contributed by atoms with Gasteiger partial charge in [-0.05, 0) is 25.5 Å². The van der Waals surface area contributed by atoms with E-state index in [1.165, 1.54) is 0 Å². The fourth-order valence-electron chi connectivity index (χ4n) is 2.11. The van der Waals surface area contributed by atoms with Crippen LogP contribution in [0.5, 0.6) is 0 Å². The highest BCUT2D eigenvalue weighted by molar-refractivity contribution is 7.99. The number of aryl methyl sites for hydroxylation is 1. The molecular weight excluding hydrogens is 246 g/mol. The number of carbonyl (C=O) groups excluding carboxylic acids is 1. The molecule has 0 spiro atoms. The van der Waals surface area contributed by atoms with Gasteiger partial charge in [-0.1, -0.05) is 6.92 Å². The summed E-state index contributed by atoms with van der Waals surface area (Å²) in [6, 6.07) is 3.82. The highest BCUT2D eigenvalue weighted by atomic mass is 32.2. The van der Waals surface area contributed by atoms with Crippen molar-refractivity contribution >= 4 is 23.5 Å². The molecule has 1 aromatic rings. The molecule has 1 atom stereocenters. The zero-order chi connectivity index (χ0) is 13.1. The third-order valence-corrected chi connectivity index (χ3v) is 4.33. The standard InChI is InChI=1S/C13H19N3OS/c1-3-11-6-10(7-12(14)15-11)13(17)16-4-5-18-8-9(16)2/h6-7,9H,3-5,8H2,1-2H3,(H2,14,15). The zero-order valence-electron chi connectivity index (χ0n) is 10.8. The van der Waals surface area contributed by atoms with Crippen LogP contribution < -0.4 is 5.73 Å². The number of hydrogen-bond acceptors (Lipinski definition) is 4. The minimum absolute atomic E-state index is 0.0756. The first-order valence-electron chi connectivity index (χ1n) is 6.27. The molecule has 1 aliphatic heterocycles. The maximum Gasteiger partial charge on any atom is 0.254 e. The van der Waals surface area contributed by atoms with Crippen LogP contribution >= 0.6 is 11.8 Å². The molecule has 1 unspecified atom stereocenters. The maximum absolute atomic E-state index is 12.5. The summed E-state index contributed by atoms with van der Waals surface area (Å²) in [5.41, 5.74) is 7.29. The summed E-state index contributed by atoms with van der Waals surface area (Å²) in [6.07, 6.45) is 0.788. The molecule has 1 amide bonds. The molecule has 0 radical (unpaired) electrons. The molecule has 98 valence electrons. The minimum atomic E-state index is 0.0756. The van der Waals surface area contributed by atoms with Crippen LogP contribution in [0.15, 0.2) is 12.1 Å². The Morgan fingerprint density at radius 1 is 1.61 bits per heavy atom. The maximum atomic E-state index is 12.5. The van der Waals surface area contributed by atoms with Gasteiger partial charge in [0.1, 0.15) is 5.82 Å². The van der Waals surface area contributed by atoms with E-state index in [9.17, 15) is 4.79 Å². The molecule has 1 aromatic heterocycles. The lowest BCUT2D eigenvalue weighted by Crippen LogP contribution is -2.44. The normalized spacial score (nSPS) is 19.9. The third-order valence-electron chi connectivity index (χ3n) is 3.14. The average Bonchev–Trinajstić information content (AvgIpc) is 2.37. The molecule has 1 fully saturated rings. The number of carbonyl (C=O) groups is 1. The smallest absolute Gasteiger partial charge is 0.254 e. The van der Waals surface area contributed by atoms with E-state index in [0.29, 0.717) is 11.4 Å². The van der Waals surface area contributed by atoms with Gasteiger partial charge in [-0.25, -0.2) is 4.98 Å². The number of aromatic nitrogens is 1. The monoisotopic (exact) mass is 265 g/mol. The van der Waals surface area contributed by atoms with E-state index >= 15 is 0 Å². The quantitative estimate of drug-likeness (QED) is 0.886. The highest BCUT2D eigenvalue weighted by Crippen LogP contribution is 2.19. The first-order valence-corrected chi connectivity index (χ1v) is 7.42. The van der Waals surface area contributed by atoms with Gasteiger partial charge in [0.05, 0.1) is 0 Å². The van der Waals surface area contributed by atoms with Gasteiger partial charge in [-0.3, -0.25) is 4.79 Å². The van der Waals surface area contributed by atoms with E-state index in [1.807, 2.05) is 29.7 Å². The number of thioether (sulfide) groups is 1. The summed E-state index contributed by atoms with van der Waals surface area (Å²) >= 11 is 1.90. The first kappa shape index (κ1) is 13.2. The molecule has 0 aromatic carbocycles. The molecule has 1 saturated heterocycles. The summed E-state index contributed by atoms with van der Waals surface area (Å²) in [4.78, 5) is 18.6. The SMILES string of the molecule is CCc1cc(C(=O)N2CCSCC2C)cc(N)n1. The first-order chi connectivity index (χ1) is 8.61. The summed E-state index contributed by atoms with van der Waals surface area (Å²) in [5.74, 6) is 2.52. The second kappa shape index (κ2) is 5.61. The number of nitrogen functional groups attached to an aromatic ring is 1. The fourth-order valence-corrected chi connectivity index (χ4v) is 3.12.